The van der Waals surface area contributed by atoms with E-state index in [9.17, 15) is 0 Å². The molecule has 0 unspecified atom stereocenters. The fourth-order valence-electron chi connectivity index (χ4n) is 0.683. The van der Waals surface area contributed by atoms with Gasteiger partial charge in [-0.2, -0.15) is 5.26 Å². The normalized spacial score (nSPS) is 10.4. The molecule has 1 heterocycles. The zero-order valence-electron chi connectivity index (χ0n) is 5.96. The number of nitriles is 1. The highest BCUT2D eigenvalue weighted by Crippen LogP contribution is 2.27. The fraction of sp³-hybridized carbons (Fsp3) is 0.143. The zero-order chi connectivity index (χ0) is 9.03. The molecule has 0 spiro atoms. The summed E-state index contributed by atoms with van der Waals surface area (Å²) in [4.78, 5) is 3.89. The van der Waals surface area contributed by atoms with Crippen molar-refractivity contribution >= 4 is 23.2 Å². The Morgan fingerprint density at radius 3 is 2.75 bits per heavy atom. The molecule has 62 valence electrons. The molecule has 0 aliphatic heterocycles. The quantitative estimate of drug-likeness (QED) is 0.344. The van der Waals surface area contributed by atoms with E-state index in [2.05, 4.69) is 10.3 Å². The molecule has 5 heteroatoms. The molecule has 3 nitrogen and oxygen atoms in total. The van der Waals surface area contributed by atoms with Crippen LogP contribution in [0.1, 0.15) is 5.69 Å². The molecule has 0 radical (unpaired) electrons. The summed E-state index contributed by atoms with van der Waals surface area (Å²) >= 11 is 11.5. The van der Waals surface area contributed by atoms with Crippen molar-refractivity contribution in [3.63, 3.8) is 0 Å². The van der Waals surface area contributed by atoms with Crippen LogP contribution < -0.4 is 5.32 Å². The minimum absolute atomic E-state index is 0.398. The van der Waals surface area contributed by atoms with Gasteiger partial charge in [-0.3, -0.25) is 10.3 Å². The van der Waals surface area contributed by atoms with Crippen molar-refractivity contribution in [2.45, 2.75) is 4.46 Å². The van der Waals surface area contributed by atoms with E-state index in [0.717, 1.165) is 0 Å². The van der Waals surface area contributed by atoms with Crippen LogP contribution in [0.15, 0.2) is 24.4 Å². The summed E-state index contributed by atoms with van der Waals surface area (Å²) < 4.78 is -1.43. The van der Waals surface area contributed by atoms with E-state index >= 15 is 0 Å². The van der Waals surface area contributed by atoms with Gasteiger partial charge in [0, 0.05) is 6.20 Å². The first-order valence-corrected chi connectivity index (χ1v) is 3.88. The smallest absolute Gasteiger partial charge is 0.239 e. The van der Waals surface area contributed by atoms with Crippen molar-refractivity contribution in [2.75, 3.05) is 0 Å². The molecule has 1 aromatic rings. The first kappa shape index (κ1) is 9.11. The molecule has 1 N–H and O–H groups in total. The van der Waals surface area contributed by atoms with Crippen LogP contribution in [0.4, 0.5) is 0 Å². The second-order valence-electron chi connectivity index (χ2n) is 2.03. The van der Waals surface area contributed by atoms with Gasteiger partial charge in [0.15, 0.2) is 6.19 Å². The second-order valence-corrected chi connectivity index (χ2v) is 3.35. The van der Waals surface area contributed by atoms with Crippen LogP contribution in [-0.4, -0.2) is 4.98 Å². The van der Waals surface area contributed by atoms with Crippen molar-refractivity contribution < 1.29 is 0 Å². The molecule has 0 amide bonds. The average molecular weight is 202 g/mol. The lowest BCUT2D eigenvalue weighted by Crippen LogP contribution is -2.28. The van der Waals surface area contributed by atoms with Crippen molar-refractivity contribution in [3.8, 4) is 6.19 Å². The number of pyridine rings is 1. The molecule has 0 saturated heterocycles. The predicted octanol–water partition coefficient (Wildman–Crippen LogP) is 1.74. The molecule has 0 fully saturated rings. The zero-order valence-corrected chi connectivity index (χ0v) is 7.47. The van der Waals surface area contributed by atoms with Crippen LogP contribution in [0, 0.1) is 11.5 Å². The minimum Gasteiger partial charge on any atom is -0.286 e. The summed E-state index contributed by atoms with van der Waals surface area (Å²) in [5.41, 5.74) is 0.398. The van der Waals surface area contributed by atoms with Gasteiger partial charge in [0.2, 0.25) is 4.46 Å². The average Bonchev–Trinajstić information content (AvgIpc) is 2.06. The van der Waals surface area contributed by atoms with E-state index in [0.29, 0.717) is 5.69 Å². The van der Waals surface area contributed by atoms with E-state index in [-0.39, 0.29) is 0 Å². The molecule has 0 aliphatic carbocycles. The molecule has 0 saturated carbocycles. The Labute approximate surface area is 79.9 Å². The van der Waals surface area contributed by atoms with E-state index in [1.165, 1.54) is 0 Å². The van der Waals surface area contributed by atoms with Gasteiger partial charge < -0.3 is 0 Å². The largest absolute Gasteiger partial charge is 0.286 e. The molecule has 0 aliphatic rings. The molecule has 0 bridgehead atoms. The number of alkyl halides is 2. The number of rotatable bonds is 2. The summed E-state index contributed by atoms with van der Waals surface area (Å²) in [5, 5.41) is 10.5. The molecular weight excluding hydrogens is 197 g/mol. The third kappa shape index (κ3) is 2.00. The molecular formula is C7H5Cl2N3. The summed E-state index contributed by atoms with van der Waals surface area (Å²) in [5.74, 6) is 0. The van der Waals surface area contributed by atoms with E-state index in [1.807, 2.05) is 0 Å². The van der Waals surface area contributed by atoms with Gasteiger partial charge in [-0.25, -0.2) is 0 Å². The number of hydrogen-bond acceptors (Lipinski definition) is 3. The highest BCUT2D eigenvalue weighted by Gasteiger charge is 2.26. The Morgan fingerprint density at radius 2 is 2.25 bits per heavy atom. The van der Waals surface area contributed by atoms with Crippen LogP contribution in [-0.2, 0) is 4.46 Å². The maximum atomic E-state index is 8.31. The maximum Gasteiger partial charge on any atom is 0.239 e. The SMILES string of the molecule is N#CNC(Cl)(Cl)c1ccccn1. The Balaban J connectivity index is 2.91. The topological polar surface area (TPSA) is 48.7 Å². The number of nitrogens with zero attached hydrogens (tertiary/aromatic N) is 2. The second kappa shape index (κ2) is 3.61. The van der Waals surface area contributed by atoms with Gasteiger partial charge in [-0.1, -0.05) is 29.3 Å². The van der Waals surface area contributed by atoms with Gasteiger partial charge in [0.05, 0.1) is 5.69 Å². The summed E-state index contributed by atoms with van der Waals surface area (Å²) in [6.07, 6.45) is 3.20. The molecule has 12 heavy (non-hydrogen) atoms. The predicted molar refractivity (Wildman–Crippen MR) is 46.4 cm³/mol. The third-order valence-electron chi connectivity index (χ3n) is 1.20. The first-order chi connectivity index (χ1) is 5.67. The maximum absolute atomic E-state index is 8.31. The lowest BCUT2D eigenvalue weighted by atomic mass is 10.3. The van der Waals surface area contributed by atoms with E-state index < -0.39 is 4.46 Å². The number of hydrogen-bond donors (Lipinski definition) is 1. The van der Waals surface area contributed by atoms with Gasteiger partial charge in [0.25, 0.3) is 0 Å². The van der Waals surface area contributed by atoms with Crippen LogP contribution >= 0.6 is 23.2 Å². The molecule has 0 aromatic carbocycles. The molecule has 0 atom stereocenters. The number of aromatic nitrogens is 1. The highest BCUT2D eigenvalue weighted by molar-refractivity contribution is 6.47. The monoisotopic (exact) mass is 201 g/mol. The summed E-state index contributed by atoms with van der Waals surface area (Å²) in [6, 6.07) is 5.10. The van der Waals surface area contributed by atoms with Crippen LogP contribution in [0.5, 0.6) is 0 Å². The van der Waals surface area contributed by atoms with Crippen LogP contribution in [0.2, 0.25) is 0 Å². The van der Waals surface area contributed by atoms with E-state index in [4.69, 9.17) is 28.5 Å². The fourth-order valence-corrected chi connectivity index (χ4v) is 0.991. The summed E-state index contributed by atoms with van der Waals surface area (Å²) in [6.45, 7) is 0. The van der Waals surface area contributed by atoms with Gasteiger partial charge >= 0.3 is 0 Å². The highest BCUT2D eigenvalue weighted by atomic mass is 35.5. The lowest BCUT2D eigenvalue weighted by Gasteiger charge is -2.15. The first-order valence-electron chi connectivity index (χ1n) is 3.12. The van der Waals surface area contributed by atoms with Gasteiger partial charge in [-0.15, -0.1) is 0 Å². The Morgan fingerprint density at radius 1 is 1.50 bits per heavy atom. The van der Waals surface area contributed by atoms with Crippen molar-refractivity contribution in [1.29, 1.82) is 5.26 Å². The van der Waals surface area contributed by atoms with Gasteiger partial charge in [0.1, 0.15) is 0 Å². The van der Waals surface area contributed by atoms with Crippen molar-refractivity contribution in [2.24, 2.45) is 0 Å². The van der Waals surface area contributed by atoms with Crippen LogP contribution in [0.25, 0.3) is 0 Å². The number of halogens is 2. The molecule has 1 rings (SSSR count). The number of nitrogens with one attached hydrogen (secondary N) is 1. The molecule has 1 aromatic heterocycles. The Kier molecular flexibility index (Phi) is 2.74. The standard InChI is InChI=1S/C7H5Cl2N3/c8-7(9,12-5-10)6-3-1-2-4-11-6/h1-4,12H. The van der Waals surface area contributed by atoms with E-state index in [1.54, 1.807) is 30.6 Å². The Hall–Kier alpha value is -0.980. The third-order valence-corrected chi connectivity index (χ3v) is 1.78. The lowest BCUT2D eigenvalue weighted by molar-refractivity contribution is 0.737. The van der Waals surface area contributed by atoms with Crippen molar-refractivity contribution in [3.05, 3.63) is 30.1 Å². The van der Waals surface area contributed by atoms with Crippen LogP contribution in [0.3, 0.4) is 0 Å². The van der Waals surface area contributed by atoms with Gasteiger partial charge in [-0.05, 0) is 12.1 Å². The minimum atomic E-state index is -1.43. The van der Waals surface area contributed by atoms with Crippen molar-refractivity contribution in [1.82, 2.24) is 10.3 Å². The Bertz CT molecular complexity index is 291. The summed E-state index contributed by atoms with van der Waals surface area (Å²) in [7, 11) is 0.